The standard InChI is InChI=1S/C20H19BrF2N4O3/c1-11(2)9-26-16(25-27(20(26)29)13-5-3-12(21)4-6-13)10-30-15-8-7-14(22)17(18(15)23)19(24)28/h3-8,11H,9-10H2,1-2H3,(H2,24,28). The van der Waals surface area contributed by atoms with E-state index in [9.17, 15) is 18.4 Å². The van der Waals surface area contributed by atoms with Gasteiger partial charge in [0.05, 0.1) is 5.69 Å². The van der Waals surface area contributed by atoms with Crippen molar-refractivity contribution in [3.05, 3.63) is 74.4 Å². The van der Waals surface area contributed by atoms with Crippen molar-refractivity contribution in [1.29, 1.82) is 0 Å². The van der Waals surface area contributed by atoms with Gasteiger partial charge in [0.25, 0.3) is 5.91 Å². The molecule has 0 atom stereocenters. The fraction of sp³-hybridized carbons (Fsp3) is 0.250. The van der Waals surface area contributed by atoms with Gasteiger partial charge in [-0.1, -0.05) is 29.8 Å². The number of ether oxygens (including phenoxy) is 1. The molecule has 0 spiro atoms. The maximum atomic E-state index is 14.4. The summed E-state index contributed by atoms with van der Waals surface area (Å²) < 4.78 is 37.0. The summed E-state index contributed by atoms with van der Waals surface area (Å²) in [6, 6.07) is 8.94. The molecule has 30 heavy (non-hydrogen) atoms. The largest absolute Gasteiger partial charge is 0.482 e. The third-order valence-corrected chi connectivity index (χ3v) is 4.75. The molecule has 0 radical (unpaired) electrons. The number of nitrogens with two attached hydrogens (primary N) is 1. The van der Waals surface area contributed by atoms with Crippen LogP contribution in [0.3, 0.4) is 0 Å². The van der Waals surface area contributed by atoms with E-state index in [4.69, 9.17) is 10.5 Å². The van der Waals surface area contributed by atoms with Crippen LogP contribution in [0.15, 0.2) is 45.7 Å². The smallest absolute Gasteiger partial charge is 0.350 e. The van der Waals surface area contributed by atoms with Gasteiger partial charge in [-0.15, -0.1) is 5.10 Å². The van der Waals surface area contributed by atoms with E-state index in [1.807, 2.05) is 13.8 Å². The van der Waals surface area contributed by atoms with Gasteiger partial charge in [-0.05, 0) is 42.3 Å². The highest BCUT2D eigenvalue weighted by atomic mass is 79.9. The highest BCUT2D eigenvalue weighted by molar-refractivity contribution is 9.10. The van der Waals surface area contributed by atoms with Crippen molar-refractivity contribution in [2.75, 3.05) is 0 Å². The Balaban J connectivity index is 1.97. The van der Waals surface area contributed by atoms with Gasteiger partial charge >= 0.3 is 5.69 Å². The van der Waals surface area contributed by atoms with Crippen LogP contribution in [0, 0.1) is 17.6 Å². The fourth-order valence-electron chi connectivity index (χ4n) is 2.86. The molecule has 0 saturated carbocycles. The molecule has 1 heterocycles. The lowest BCUT2D eigenvalue weighted by Crippen LogP contribution is -2.26. The van der Waals surface area contributed by atoms with Crippen molar-refractivity contribution in [3.8, 4) is 11.4 Å². The summed E-state index contributed by atoms with van der Waals surface area (Å²) in [5, 5.41) is 4.32. The molecule has 3 aromatic rings. The minimum atomic E-state index is -1.24. The van der Waals surface area contributed by atoms with E-state index in [0.29, 0.717) is 12.2 Å². The Morgan fingerprint density at radius 1 is 1.20 bits per heavy atom. The third kappa shape index (κ3) is 4.43. The lowest BCUT2D eigenvalue weighted by atomic mass is 10.1. The van der Waals surface area contributed by atoms with Crippen LogP contribution in [0.5, 0.6) is 5.75 Å². The van der Waals surface area contributed by atoms with Crippen LogP contribution in [-0.2, 0) is 13.2 Å². The van der Waals surface area contributed by atoms with Crippen LogP contribution in [0.2, 0.25) is 0 Å². The van der Waals surface area contributed by atoms with Crippen LogP contribution >= 0.6 is 15.9 Å². The summed E-state index contributed by atoms with van der Waals surface area (Å²) in [5.41, 5.74) is 4.33. The molecule has 2 N–H and O–H groups in total. The predicted molar refractivity (Wildman–Crippen MR) is 110 cm³/mol. The summed E-state index contributed by atoms with van der Waals surface area (Å²) in [6.45, 7) is 3.97. The van der Waals surface area contributed by atoms with Gasteiger partial charge < -0.3 is 10.5 Å². The molecule has 0 bridgehead atoms. The SMILES string of the molecule is CC(C)Cn1c(COc2ccc(F)c(C(N)=O)c2F)nn(-c2ccc(Br)cc2)c1=O. The lowest BCUT2D eigenvalue weighted by molar-refractivity contribution is 0.0991. The van der Waals surface area contributed by atoms with Gasteiger partial charge in [-0.3, -0.25) is 9.36 Å². The predicted octanol–water partition coefficient (Wildman–Crippen LogP) is 3.41. The Morgan fingerprint density at radius 3 is 2.47 bits per heavy atom. The summed E-state index contributed by atoms with van der Waals surface area (Å²) in [4.78, 5) is 24.2. The average molecular weight is 481 g/mol. The summed E-state index contributed by atoms with van der Waals surface area (Å²) in [5.74, 6) is -3.51. The Hall–Kier alpha value is -3.01. The van der Waals surface area contributed by atoms with Gasteiger partial charge in [-0.25, -0.2) is 13.6 Å². The number of halogens is 3. The fourth-order valence-corrected chi connectivity index (χ4v) is 3.12. The lowest BCUT2D eigenvalue weighted by Gasteiger charge is -2.11. The summed E-state index contributed by atoms with van der Waals surface area (Å²) in [7, 11) is 0. The van der Waals surface area contributed by atoms with E-state index in [-0.39, 0.29) is 29.8 Å². The zero-order valence-electron chi connectivity index (χ0n) is 16.2. The maximum absolute atomic E-state index is 14.4. The van der Waals surface area contributed by atoms with Crippen molar-refractivity contribution in [2.45, 2.75) is 27.0 Å². The van der Waals surface area contributed by atoms with Gasteiger partial charge in [0.15, 0.2) is 17.4 Å². The molecule has 158 valence electrons. The number of carbonyl (C=O) groups excluding carboxylic acids is 1. The molecule has 0 aliphatic heterocycles. The highest BCUT2D eigenvalue weighted by Gasteiger charge is 2.21. The number of carbonyl (C=O) groups is 1. The number of hydrogen-bond donors (Lipinski definition) is 1. The van der Waals surface area contributed by atoms with Gasteiger partial charge in [0, 0.05) is 11.0 Å². The minimum absolute atomic E-state index is 0.132. The maximum Gasteiger partial charge on any atom is 0.350 e. The van der Waals surface area contributed by atoms with Crippen molar-refractivity contribution >= 4 is 21.8 Å². The van der Waals surface area contributed by atoms with Crippen molar-refractivity contribution < 1.29 is 18.3 Å². The second kappa shape index (κ2) is 8.78. The molecular formula is C20H19BrF2N4O3. The zero-order valence-corrected chi connectivity index (χ0v) is 17.8. The Bertz CT molecular complexity index is 1140. The first-order valence-electron chi connectivity index (χ1n) is 9.04. The molecule has 1 amide bonds. The topological polar surface area (TPSA) is 92.1 Å². The molecule has 0 unspecified atom stereocenters. The number of rotatable bonds is 7. The minimum Gasteiger partial charge on any atom is -0.482 e. The first-order chi connectivity index (χ1) is 14.2. The van der Waals surface area contributed by atoms with Gasteiger partial charge in [0.1, 0.15) is 18.0 Å². The van der Waals surface area contributed by atoms with E-state index < -0.39 is 23.1 Å². The number of aromatic nitrogens is 3. The van der Waals surface area contributed by atoms with Crippen LogP contribution in [0.4, 0.5) is 8.78 Å². The van der Waals surface area contributed by atoms with Crippen molar-refractivity contribution in [2.24, 2.45) is 11.7 Å². The number of benzene rings is 2. The number of primary amides is 1. The molecule has 1 aromatic heterocycles. The van der Waals surface area contributed by atoms with Gasteiger partial charge in [-0.2, -0.15) is 4.68 Å². The zero-order chi connectivity index (χ0) is 22.0. The van der Waals surface area contributed by atoms with Crippen LogP contribution < -0.4 is 16.2 Å². The number of hydrogen-bond acceptors (Lipinski definition) is 4. The van der Waals surface area contributed by atoms with Crippen LogP contribution in [0.25, 0.3) is 5.69 Å². The first-order valence-corrected chi connectivity index (χ1v) is 9.83. The van der Waals surface area contributed by atoms with E-state index in [1.165, 1.54) is 9.25 Å². The van der Waals surface area contributed by atoms with E-state index in [0.717, 1.165) is 16.6 Å². The number of nitrogens with zero attached hydrogens (tertiary/aromatic N) is 3. The summed E-state index contributed by atoms with van der Waals surface area (Å²) >= 11 is 3.34. The second-order valence-corrected chi connectivity index (χ2v) is 7.89. The molecule has 0 aliphatic rings. The molecule has 0 aliphatic carbocycles. The van der Waals surface area contributed by atoms with Crippen molar-refractivity contribution in [1.82, 2.24) is 14.3 Å². The third-order valence-electron chi connectivity index (χ3n) is 4.22. The summed E-state index contributed by atoms with van der Waals surface area (Å²) in [6.07, 6.45) is 0. The monoisotopic (exact) mass is 480 g/mol. The molecule has 3 rings (SSSR count). The molecule has 2 aromatic carbocycles. The van der Waals surface area contributed by atoms with Crippen LogP contribution in [0.1, 0.15) is 30.0 Å². The molecule has 0 saturated heterocycles. The van der Waals surface area contributed by atoms with Crippen molar-refractivity contribution in [3.63, 3.8) is 0 Å². The Morgan fingerprint density at radius 2 is 1.87 bits per heavy atom. The average Bonchev–Trinajstić information content (AvgIpc) is 2.97. The van der Waals surface area contributed by atoms with Crippen LogP contribution in [-0.4, -0.2) is 20.3 Å². The quantitative estimate of drug-likeness (QED) is 0.560. The van der Waals surface area contributed by atoms with Gasteiger partial charge in [0.2, 0.25) is 0 Å². The van der Waals surface area contributed by atoms with E-state index >= 15 is 0 Å². The van der Waals surface area contributed by atoms with E-state index in [1.54, 1.807) is 24.3 Å². The van der Waals surface area contributed by atoms with E-state index in [2.05, 4.69) is 21.0 Å². The Labute approximate surface area is 179 Å². The normalized spacial score (nSPS) is 11.1. The molecule has 7 nitrogen and oxygen atoms in total. The molecule has 0 fully saturated rings. The second-order valence-electron chi connectivity index (χ2n) is 6.98. The molecule has 10 heteroatoms. The number of amides is 1. The Kier molecular flexibility index (Phi) is 6.35. The molecular weight excluding hydrogens is 462 g/mol. The first kappa shape index (κ1) is 21.7. The highest BCUT2D eigenvalue weighted by Crippen LogP contribution is 2.24.